The van der Waals surface area contributed by atoms with Crippen LogP contribution in [0.15, 0.2) is 0 Å². The summed E-state index contributed by atoms with van der Waals surface area (Å²) in [6.45, 7) is 4.35. The zero-order chi connectivity index (χ0) is 10.3. The molecule has 2 aliphatic rings. The van der Waals surface area contributed by atoms with Gasteiger partial charge >= 0.3 is 0 Å². The van der Waals surface area contributed by atoms with E-state index in [4.69, 9.17) is 0 Å². The number of piperidine rings is 1. The molecule has 4 heteroatoms. The van der Waals surface area contributed by atoms with Crippen molar-refractivity contribution >= 4 is 16.7 Å². The summed E-state index contributed by atoms with van der Waals surface area (Å²) in [5.41, 5.74) is 0. The van der Waals surface area contributed by atoms with E-state index in [0.717, 1.165) is 22.8 Å². The van der Waals surface area contributed by atoms with Crippen LogP contribution in [-0.2, 0) is 0 Å². The fourth-order valence-electron chi connectivity index (χ4n) is 2.54. The summed E-state index contributed by atoms with van der Waals surface area (Å²) in [6, 6.07) is 0. The van der Waals surface area contributed by atoms with Gasteiger partial charge in [-0.15, -0.1) is 0 Å². The second kappa shape index (κ2) is 3.74. The van der Waals surface area contributed by atoms with Crippen LogP contribution in [0.3, 0.4) is 0 Å². The van der Waals surface area contributed by atoms with Crippen molar-refractivity contribution in [2.24, 2.45) is 11.8 Å². The number of rotatable bonds is 2. The molecule has 0 bridgehead atoms. The SMILES string of the molecule is Cc1nsc(N2CCC(C3CC3)CC2)n1. The van der Waals surface area contributed by atoms with Crippen molar-refractivity contribution in [2.45, 2.75) is 32.6 Å². The van der Waals surface area contributed by atoms with E-state index in [9.17, 15) is 0 Å². The highest BCUT2D eigenvalue weighted by Gasteiger charge is 2.33. The Kier molecular flexibility index (Phi) is 2.39. The van der Waals surface area contributed by atoms with Crippen LogP contribution in [0.2, 0.25) is 0 Å². The fourth-order valence-corrected chi connectivity index (χ4v) is 3.27. The van der Waals surface area contributed by atoms with Crippen LogP contribution in [0.25, 0.3) is 0 Å². The lowest BCUT2D eigenvalue weighted by Gasteiger charge is -2.31. The maximum Gasteiger partial charge on any atom is 0.205 e. The number of aryl methyl sites for hydroxylation is 1. The summed E-state index contributed by atoms with van der Waals surface area (Å²) in [4.78, 5) is 6.86. The van der Waals surface area contributed by atoms with Gasteiger partial charge in [-0.3, -0.25) is 0 Å². The minimum atomic E-state index is 0.916. The molecular formula is C11H17N3S. The molecule has 1 saturated carbocycles. The van der Waals surface area contributed by atoms with Crippen molar-refractivity contribution < 1.29 is 0 Å². The molecule has 1 aliphatic carbocycles. The molecule has 0 aromatic carbocycles. The van der Waals surface area contributed by atoms with Gasteiger partial charge in [0.15, 0.2) is 0 Å². The first kappa shape index (κ1) is 9.58. The highest BCUT2D eigenvalue weighted by molar-refractivity contribution is 7.09. The summed E-state index contributed by atoms with van der Waals surface area (Å²) in [7, 11) is 0. The second-order valence-corrected chi connectivity index (χ2v) is 5.52. The van der Waals surface area contributed by atoms with Crippen molar-refractivity contribution in [3.8, 4) is 0 Å². The molecule has 1 aromatic heterocycles. The van der Waals surface area contributed by atoms with Crippen molar-refractivity contribution in [1.82, 2.24) is 9.36 Å². The quantitative estimate of drug-likeness (QED) is 0.771. The first-order chi connectivity index (χ1) is 7.33. The third-order valence-corrected chi connectivity index (χ3v) is 4.48. The predicted molar refractivity (Wildman–Crippen MR) is 62.3 cm³/mol. The van der Waals surface area contributed by atoms with E-state index < -0.39 is 0 Å². The minimum Gasteiger partial charge on any atom is -0.347 e. The predicted octanol–water partition coefficient (Wildman–Crippen LogP) is 2.47. The lowest BCUT2D eigenvalue weighted by Crippen LogP contribution is -2.34. The van der Waals surface area contributed by atoms with Gasteiger partial charge in [-0.2, -0.15) is 4.37 Å². The molecule has 82 valence electrons. The fraction of sp³-hybridized carbons (Fsp3) is 0.818. The zero-order valence-electron chi connectivity index (χ0n) is 9.15. The molecule has 0 spiro atoms. The van der Waals surface area contributed by atoms with Crippen LogP contribution in [0, 0.1) is 18.8 Å². The number of hydrogen-bond acceptors (Lipinski definition) is 4. The molecule has 0 unspecified atom stereocenters. The maximum atomic E-state index is 4.45. The summed E-state index contributed by atoms with van der Waals surface area (Å²) >= 11 is 1.55. The van der Waals surface area contributed by atoms with Crippen LogP contribution in [-0.4, -0.2) is 22.4 Å². The van der Waals surface area contributed by atoms with E-state index in [1.165, 1.54) is 38.8 Å². The average molecular weight is 223 g/mol. The Morgan fingerprint density at radius 3 is 2.33 bits per heavy atom. The van der Waals surface area contributed by atoms with Gasteiger partial charge in [0.1, 0.15) is 5.82 Å². The highest BCUT2D eigenvalue weighted by atomic mass is 32.1. The largest absolute Gasteiger partial charge is 0.347 e. The molecule has 0 atom stereocenters. The van der Waals surface area contributed by atoms with Gasteiger partial charge in [0.2, 0.25) is 5.13 Å². The van der Waals surface area contributed by atoms with E-state index in [1.807, 2.05) is 6.92 Å². The molecule has 0 radical (unpaired) electrons. The monoisotopic (exact) mass is 223 g/mol. The molecule has 2 fully saturated rings. The van der Waals surface area contributed by atoms with Crippen LogP contribution < -0.4 is 4.90 Å². The standard InChI is InChI=1S/C11H17N3S/c1-8-12-11(15-13-8)14-6-4-10(5-7-14)9-2-3-9/h9-10H,2-7H2,1H3. The van der Waals surface area contributed by atoms with Gasteiger partial charge in [0.25, 0.3) is 0 Å². The molecule has 0 N–H and O–H groups in total. The first-order valence-electron chi connectivity index (χ1n) is 5.88. The number of anilines is 1. The van der Waals surface area contributed by atoms with E-state index >= 15 is 0 Å². The second-order valence-electron chi connectivity index (χ2n) is 4.79. The Balaban J connectivity index is 1.61. The van der Waals surface area contributed by atoms with Gasteiger partial charge in [-0.1, -0.05) is 0 Å². The molecule has 1 aliphatic heterocycles. The van der Waals surface area contributed by atoms with Crippen LogP contribution in [0.4, 0.5) is 5.13 Å². The molecule has 2 heterocycles. The molecule has 1 saturated heterocycles. The van der Waals surface area contributed by atoms with E-state index in [0.29, 0.717) is 0 Å². The lowest BCUT2D eigenvalue weighted by molar-refractivity contribution is 0.363. The molecule has 0 amide bonds. The summed E-state index contributed by atoms with van der Waals surface area (Å²) < 4.78 is 4.25. The third-order valence-electron chi connectivity index (χ3n) is 3.62. The van der Waals surface area contributed by atoms with Gasteiger partial charge in [0.05, 0.1) is 0 Å². The van der Waals surface area contributed by atoms with Crippen LogP contribution in [0.5, 0.6) is 0 Å². The molecule has 15 heavy (non-hydrogen) atoms. The van der Waals surface area contributed by atoms with Gasteiger partial charge in [-0.05, 0) is 44.4 Å². The maximum absolute atomic E-state index is 4.45. The number of hydrogen-bond donors (Lipinski definition) is 0. The van der Waals surface area contributed by atoms with Crippen molar-refractivity contribution in [3.63, 3.8) is 0 Å². The topological polar surface area (TPSA) is 29.0 Å². The van der Waals surface area contributed by atoms with Crippen molar-refractivity contribution in [2.75, 3.05) is 18.0 Å². The smallest absolute Gasteiger partial charge is 0.205 e. The Labute approximate surface area is 94.7 Å². The first-order valence-corrected chi connectivity index (χ1v) is 6.65. The van der Waals surface area contributed by atoms with E-state index in [1.54, 1.807) is 11.5 Å². The van der Waals surface area contributed by atoms with Gasteiger partial charge in [-0.25, -0.2) is 4.98 Å². The third kappa shape index (κ3) is 2.00. The summed E-state index contributed by atoms with van der Waals surface area (Å²) in [5.74, 6) is 3.00. The van der Waals surface area contributed by atoms with Crippen LogP contribution in [0.1, 0.15) is 31.5 Å². The zero-order valence-corrected chi connectivity index (χ0v) is 9.96. The summed E-state index contributed by atoms with van der Waals surface area (Å²) in [5, 5.41) is 1.13. The number of aromatic nitrogens is 2. The Morgan fingerprint density at radius 1 is 1.13 bits per heavy atom. The molecule has 3 nitrogen and oxygen atoms in total. The molecular weight excluding hydrogens is 206 g/mol. The Morgan fingerprint density at radius 2 is 1.80 bits per heavy atom. The van der Waals surface area contributed by atoms with E-state index in [-0.39, 0.29) is 0 Å². The highest BCUT2D eigenvalue weighted by Crippen LogP contribution is 2.42. The minimum absolute atomic E-state index is 0.916. The number of nitrogens with zero attached hydrogens (tertiary/aromatic N) is 3. The van der Waals surface area contributed by atoms with Crippen LogP contribution >= 0.6 is 11.5 Å². The van der Waals surface area contributed by atoms with Gasteiger partial charge < -0.3 is 4.90 Å². The molecule has 3 rings (SSSR count). The molecule has 1 aromatic rings. The van der Waals surface area contributed by atoms with Crippen molar-refractivity contribution in [1.29, 1.82) is 0 Å². The summed E-state index contributed by atoms with van der Waals surface area (Å²) in [6.07, 6.45) is 5.71. The Bertz CT molecular complexity index is 337. The van der Waals surface area contributed by atoms with Gasteiger partial charge in [0, 0.05) is 24.6 Å². The normalized spacial score (nSPS) is 23.4. The van der Waals surface area contributed by atoms with E-state index in [2.05, 4.69) is 14.3 Å². The Hall–Kier alpha value is -0.640. The van der Waals surface area contributed by atoms with Crippen molar-refractivity contribution in [3.05, 3.63) is 5.82 Å². The average Bonchev–Trinajstić information content (AvgIpc) is 3.02. The lowest BCUT2D eigenvalue weighted by atomic mass is 9.92.